The van der Waals surface area contributed by atoms with Crippen LogP contribution in [0.2, 0.25) is 0 Å². The molecule has 2 aromatic carbocycles. The van der Waals surface area contributed by atoms with E-state index in [-0.39, 0.29) is 24.6 Å². The van der Waals surface area contributed by atoms with Crippen molar-refractivity contribution in [3.63, 3.8) is 0 Å². The largest absolute Gasteiger partial charge is 0.493 e. The molecule has 0 aliphatic carbocycles. The van der Waals surface area contributed by atoms with Gasteiger partial charge in [-0.05, 0) is 12.1 Å². The van der Waals surface area contributed by atoms with Gasteiger partial charge in [-0.25, -0.2) is 8.78 Å². The van der Waals surface area contributed by atoms with Crippen LogP contribution < -0.4 is 18.9 Å². The summed E-state index contributed by atoms with van der Waals surface area (Å²) < 4.78 is 49.2. The van der Waals surface area contributed by atoms with E-state index in [9.17, 15) is 13.6 Å². The van der Waals surface area contributed by atoms with Crippen LogP contribution in [0.15, 0.2) is 30.3 Å². The summed E-state index contributed by atoms with van der Waals surface area (Å²) in [6.45, 7) is 1.96. The summed E-state index contributed by atoms with van der Waals surface area (Å²) >= 11 is 0. The second kappa shape index (κ2) is 10.3. The number of hydrogen-bond acceptors (Lipinski definition) is 6. The van der Waals surface area contributed by atoms with Gasteiger partial charge < -0.3 is 23.8 Å². The highest BCUT2D eigenvalue weighted by Gasteiger charge is 2.23. The lowest BCUT2D eigenvalue weighted by molar-refractivity contribution is -0.135. The van der Waals surface area contributed by atoms with Crippen molar-refractivity contribution in [3.8, 4) is 23.0 Å². The number of carbonyl (C=O) groups is 1. The second-order valence-corrected chi connectivity index (χ2v) is 7.01. The Balaban J connectivity index is 1.54. The van der Waals surface area contributed by atoms with Crippen molar-refractivity contribution in [1.29, 1.82) is 0 Å². The number of methoxy groups -OCH3 is 3. The van der Waals surface area contributed by atoms with Crippen LogP contribution >= 0.6 is 0 Å². The van der Waals surface area contributed by atoms with Gasteiger partial charge in [0.25, 0.3) is 5.91 Å². The van der Waals surface area contributed by atoms with E-state index < -0.39 is 11.6 Å². The van der Waals surface area contributed by atoms with E-state index in [4.69, 9.17) is 18.9 Å². The third-order valence-electron chi connectivity index (χ3n) is 5.17. The van der Waals surface area contributed by atoms with Crippen LogP contribution in [0.5, 0.6) is 23.0 Å². The van der Waals surface area contributed by atoms with Crippen molar-refractivity contribution in [1.82, 2.24) is 9.80 Å². The van der Waals surface area contributed by atoms with Crippen molar-refractivity contribution < 1.29 is 32.5 Å². The molecular formula is C22H26F2N2O5. The van der Waals surface area contributed by atoms with Crippen molar-refractivity contribution in [3.05, 3.63) is 47.5 Å². The van der Waals surface area contributed by atoms with Gasteiger partial charge >= 0.3 is 0 Å². The molecule has 0 N–H and O–H groups in total. The molecule has 3 rings (SSSR count). The molecule has 0 unspecified atom stereocenters. The van der Waals surface area contributed by atoms with Gasteiger partial charge in [-0.3, -0.25) is 9.69 Å². The number of rotatable bonds is 8. The molecule has 0 saturated carbocycles. The van der Waals surface area contributed by atoms with Crippen LogP contribution in [0.25, 0.3) is 0 Å². The predicted molar refractivity (Wildman–Crippen MR) is 110 cm³/mol. The molecule has 0 aromatic heterocycles. The van der Waals surface area contributed by atoms with E-state index in [0.29, 0.717) is 49.2 Å². The lowest BCUT2D eigenvalue weighted by Gasteiger charge is -2.34. The fraction of sp³-hybridized carbons (Fsp3) is 0.409. The van der Waals surface area contributed by atoms with Gasteiger partial charge in [0.05, 0.1) is 21.3 Å². The first-order valence-electron chi connectivity index (χ1n) is 9.82. The average Bonchev–Trinajstić information content (AvgIpc) is 2.79. The zero-order chi connectivity index (χ0) is 22.4. The smallest absolute Gasteiger partial charge is 0.260 e. The van der Waals surface area contributed by atoms with Gasteiger partial charge in [0.15, 0.2) is 18.1 Å². The van der Waals surface area contributed by atoms with Gasteiger partial charge in [0, 0.05) is 50.4 Å². The van der Waals surface area contributed by atoms with Crippen LogP contribution in [0.4, 0.5) is 8.78 Å². The maximum Gasteiger partial charge on any atom is 0.260 e. The molecular weight excluding hydrogens is 410 g/mol. The molecule has 1 amide bonds. The number of halogens is 2. The molecule has 1 heterocycles. The Morgan fingerprint density at radius 1 is 0.935 bits per heavy atom. The second-order valence-electron chi connectivity index (χ2n) is 7.01. The zero-order valence-corrected chi connectivity index (χ0v) is 17.8. The van der Waals surface area contributed by atoms with Gasteiger partial charge in [-0.15, -0.1) is 0 Å². The number of benzene rings is 2. The highest BCUT2D eigenvalue weighted by molar-refractivity contribution is 5.78. The number of piperazine rings is 1. The molecule has 1 aliphatic heterocycles. The van der Waals surface area contributed by atoms with Crippen molar-refractivity contribution in [2.24, 2.45) is 0 Å². The SMILES string of the molecule is COc1cc(OCC(=O)N2CCN(Cc3c(F)cccc3F)CC2)cc(OC)c1OC. The normalized spacial score (nSPS) is 14.3. The summed E-state index contributed by atoms with van der Waals surface area (Å²) in [6, 6.07) is 7.08. The van der Waals surface area contributed by atoms with Gasteiger partial charge in [0.2, 0.25) is 5.75 Å². The summed E-state index contributed by atoms with van der Waals surface area (Å²) in [5, 5.41) is 0. The molecule has 1 aliphatic rings. The summed E-state index contributed by atoms with van der Waals surface area (Å²) in [4.78, 5) is 16.1. The van der Waals surface area contributed by atoms with E-state index in [1.165, 1.54) is 39.5 Å². The molecule has 0 bridgehead atoms. The lowest BCUT2D eigenvalue weighted by Crippen LogP contribution is -2.49. The summed E-state index contributed by atoms with van der Waals surface area (Å²) in [6.07, 6.45) is 0. The number of ether oxygens (including phenoxy) is 4. The van der Waals surface area contributed by atoms with E-state index in [1.807, 2.05) is 4.90 Å². The third-order valence-corrected chi connectivity index (χ3v) is 5.17. The summed E-state index contributed by atoms with van der Waals surface area (Å²) in [7, 11) is 4.50. The first kappa shape index (κ1) is 22.6. The summed E-state index contributed by atoms with van der Waals surface area (Å²) in [5.74, 6) is 0.416. The molecule has 0 spiro atoms. The van der Waals surface area contributed by atoms with Crippen LogP contribution in [-0.4, -0.2) is 69.8 Å². The minimum absolute atomic E-state index is 0.0491. The Morgan fingerprint density at radius 3 is 2.03 bits per heavy atom. The van der Waals surface area contributed by atoms with Gasteiger partial charge in [-0.1, -0.05) is 6.07 Å². The van der Waals surface area contributed by atoms with Crippen LogP contribution in [-0.2, 0) is 11.3 Å². The Bertz CT molecular complexity index is 872. The minimum atomic E-state index is -0.558. The topological polar surface area (TPSA) is 60.5 Å². The van der Waals surface area contributed by atoms with Crippen LogP contribution in [0, 0.1) is 11.6 Å². The fourth-order valence-corrected chi connectivity index (χ4v) is 3.44. The molecule has 31 heavy (non-hydrogen) atoms. The molecule has 0 atom stereocenters. The zero-order valence-electron chi connectivity index (χ0n) is 17.8. The van der Waals surface area contributed by atoms with E-state index in [1.54, 1.807) is 17.0 Å². The van der Waals surface area contributed by atoms with Crippen molar-refractivity contribution >= 4 is 5.91 Å². The van der Waals surface area contributed by atoms with Gasteiger partial charge in [0.1, 0.15) is 17.4 Å². The predicted octanol–water partition coefficient (Wildman–Crippen LogP) is 2.71. The maximum atomic E-state index is 13.9. The number of hydrogen-bond donors (Lipinski definition) is 0. The molecule has 168 valence electrons. The minimum Gasteiger partial charge on any atom is -0.493 e. The number of carbonyl (C=O) groups excluding carboxylic acids is 1. The Kier molecular flexibility index (Phi) is 7.51. The maximum absolute atomic E-state index is 13.9. The van der Waals surface area contributed by atoms with Crippen molar-refractivity contribution in [2.75, 3.05) is 54.1 Å². The molecule has 1 fully saturated rings. The highest BCUT2D eigenvalue weighted by Crippen LogP contribution is 2.40. The Labute approximate surface area is 180 Å². The third kappa shape index (κ3) is 5.35. The highest BCUT2D eigenvalue weighted by atomic mass is 19.1. The Morgan fingerprint density at radius 2 is 1.52 bits per heavy atom. The molecule has 0 radical (unpaired) electrons. The standard InChI is InChI=1S/C22H26F2N2O5/c1-28-19-11-15(12-20(29-2)22(19)30-3)31-14-21(27)26-9-7-25(8-10-26)13-16-17(23)5-4-6-18(16)24/h4-6,11-12H,7-10,13-14H2,1-3H3. The van der Waals surface area contributed by atoms with Crippen LogP contribution in [0.1, 0.15) is 5.56 Å². The molecule has 1 saturated heterocycles. The van der Waals surface area contributed by atoms with E-state index in [2.05, 4.69) is 0 Å². The first-order valence-corrected chi connectivity index (χ1v) is 9.82. The first-order chi connectivity index (χ1) is 15.0. The van der Waals surface area contributed by atoms with Gasteiger partial charge in [-0.2, -0.15) is 0 Å². The molecule has 7 nitrogen and oxygen atoms in total. The van der Waals surface area contributed by atoms with Crippen molar-refractivity contribution in [2.45, 2.75) is 6.54 Å². The lowest BCUT2D eigenvalue weighted by atomic mass is 10.1. The molecule has 2 aromatic rings. The average molecular weight is 436 g/mol. The number of nitrogens with zero attached hydrogens (tertiary/aromatic N) is 2. The fourth-order valence-electron chi connectivity index (χ4n) is 3.44. The van der Waals surface area contributed by atoms with Crippen LogP contribution in [0.3, 0.4) is 0 Å². The quantitative estimate of drug-likeness (QED) is 0.634. The number of amides is 1. The Hall–Kier alpha value is -3.07. The summed E-state index contributed by atoms with van der Waals surface area (Å²) in [5.41, 5.74) is 0.0491. The van der Waals surface area contributed by atoms with E-state index >= 15 is 0 Å². The monoisotopic (exact) mass is 436 g/mol. The van der Waals surface area contributed by atoms with E-state index in [0.717, 1.165) is 0 Å². The molecule has 9 heteroatoms.